The Labute approximate surface area is 344 Å². The molecule has 0 saturated heterocycles. The minimum Gasteiger partial charge on any atom is -0.490 e. The molecule has 3 atom stereocenters. The summed E-state index contributed by atoms with van der Waals surface area (Å²) in [6.07, 6.45) is 25.7. The SMILES string of the molecule is C#N.CCCCCCCCCCCCCCCCCCCC(COP(O)OCC(CCc1ccc2c(N)ncnn12)OC)OCc1ccc(C#N)c(OC(C)C)c1. The zero-order valence-electron chi connectivity index (χ0n) is 35.3. The lowest BCUT2D eigenvalue weighted by atomic mass is 10.0. The third-order valence-electron chi connectivity index (χ3n) is 10.0. The molecule has 0 fully saturated rings. The Morgan fingerprint density at radius 2 is 1.40 bits per heavy atom. The predicted molar refractivity (Wildman–Crippen MR) is 229 cm³/mol. The van der Waals surface area contributed by atoms with E-state index in [1.54, 1.807) is 17.7 Å². The Bertz CT molecular complexity index is 1530. The summed E-state index contributed by atoms with van der Waals surface area (Å²) in [6, 6.07) is 11.6. The zero-order chi connectivity index (χ0) is 41.5. The Morgan fingerprint density at radius 1 is 0.825 bits per heavy atom. The minimum absolute atomic E-state index is 0.0477. The maximum absolute atomic E-state index is 10.7. The molecule has 12 nitrogen and oxygen atoms in total. The molecule has 0 bridgehead atoms. The van der Waals surface area contributed by atoms with E-state index >= 15 is 0 Å². The quantitative estimate of drug-likeness (QED) is 0.0443. The molecule has 3 N–H and O–H groups in total. The van der Waals surface area contributed by atoms with Crippen molar-refractivity contribution < 1.29 is 28.2 Å². The van der Waals surface area contributed by atoms with E-state index in [0.29, 0.717) is 36.6 Å². The van der Waals surface area contributed by atoms with Gasteiger partial charge in [0.1, 0.15) is 23.7 Å². The van der Waals surface area contributed by atoms with Crippen LogP contribution in [0, 0.1) is 23.2 Å². The van der Waals surface area contributed by atoms with Gasteiger partial charge in [-0.15, -0.1) is 0 Å². The number of hydrogen-bond donors (Lipinski definition) is 2. The van der Waals surface area contributed by atoms with Gasteiger partial charge in [-0.25, -0.2) is 14.8 Å². The van der Waals surface area contributed by atoms with Crippen LogP contribution in [0.4, 0.5) is 5.82 Å². The van der Waals surface area contributed by atoms with Gasteiger partial charge in [-0.3, -0.25) is 0 Å². The van der Waals surface area contributed by atoms with Gasteiger partial charge >= 0.3 is 8.60 Å². The van der Waals surface area contributed by atoms with Crippen molar-refractivity contribution in [3.8, 4) is 18.4 Å². The van der Waals surface area contributed by atoms with Gasteiger partial charge in [0, 0.05) is 19.4 Å². The Kier molecular flexibility index (Phi) is 27.6. The van der Waals surface area contributed by atoms with E-state index in [9.17, 15) is 10.2 Å². The third kappa shape index (κ3) is 21.3. The van der Waals surface area contributed by atoms with Gasteiger partial charge in [-0.05, 0) is 62.9 Å². The Morgan fingerprint density at radius 3 is 1.96 bits per heavy atom. The van der Waals surface area contributed by atoms with Gasteiger partial charge in [0.15, 0.2) is 5.82 Å². The van der Waals surface area contributed by atoms with Crippen molar-refractivity contribution in [2.75, 3.05) is 26.1 Å². The number of nitrogen functional groups attached to an aromatic ring is 1. The molecular formula is C44H71N6O6P. The van der Waals surface area contributed by atoms with E-state index in [-0.39, 0.29) is 31.5 Å². The van der Waals surface area contributed by atoms with Gasteiger partial charge in [-0.1, -0.05) is 122 Å². The summed E-state index contributed by atoms with van der Waals surface area (Å²) in [6.45, 7) is 10.4. The topological polar surface area (TPSA) is 170 Å². The van der Waals surface area contributed by atoms with E-state index in [0.717, 1.165) is 36.0 Å². The summed E-state index contributed by atoms with van der Waals surface area (Å²) in [4.78, 5) is 14.7. The third-order valence-corrected chi connectivity index (χ3v) is 10.7. The van der Waals surface area contributed by atoms with Crippen LogP contribution in [0.5, 0.6) is 5.75 Å². The normalized spacial score (nSPS) is 12.9. The number of methoxy groups -OCH3 is 1. The van der Waals surface area contributed by atoms with Gasteiger partial charge in [0.05, 0.1) is 43.7 Å². The van der Waals surface area contributed by atoms with Crippen LogP contribution in [0.3, 0.4) is 0 Å². The molecule has 1 aromatic carbocycles. The maximum Gasteiger partial charge on any atom is 0.330 e. The van der Waals surface area contributed by atoms with Crippen LogP contribution < -0.4 is 10.5 Å². The highest BCUT2D eigenvalue weighted by Crippen LogP contribution is 2.34. The zero-order valence-corrected chi connectivity index (χ0v) is 36.2. The molecule has 0 aliphatic rings. The van der Waals surface area contributed by atoms with E-state index in [1.165, 1.54) is 103 Å². The van der Waals surface area contributed by atoms with Crippen LogP contribution in [0.2, 0.25) is 0 Å². The molecule has 0 spiro atoms. The van der Waals surface area contributed by atoms with Crippen LogP contribution in [-0.4, -0.2) is 58.1 Å². The highest BCUT2D eigenvalue weighted by molar-refractivity contribution is 7.40. The summed E-state index contributed by atoms with van der Waals surface area (Å²) < 4.78 is 31.2. The molecule has 0 radical (unpaired) electrons. The van der Waals surface area contributed by atoms with E-state index in [4.69, 9.17) is 34.3 Å². The monoisotopic (exact) mass is 811 g/mol. The van der Waals surface area contributed by atoms with E-state index < -0.39 is 8.60 Å². The molecule has 0 aliphatic heterocycles. The van der Waals surface area contributed by atoms with Gasteiger partial charge in [0.2, 0.25) is 0 Å². The lowest BCUT2D eigenvalue weighted by Crippen LogP contribution is -2.21. The average Bonchev–Trinajstić information content (AvgIpc) is 3.64. The number of rotatable bonds is 33. The number of fused-ring (bicyclic) bond motifs is 1. The maximum atomic E-state index is 10.7. The van der Waals surface area contributed by atoms with Crippen molar-refractivity contribution >= 4 is 19.9 Å². The second kappa shape index (κ2) is 31.6. The molecule has 0 saturated carbocycles. The summed E-state index contributed by atoms with van der Waals surface area (Å²) >= 11 is 0. The Balaban J connectivity index is 0.00000551. The fourth-order valence-corrected chi connectivity index (χ4v) is 7.39. The molecule has 318 valence electrons. The fourth-order valence-electron chi connectivity index (χ4n) is 6.73. The highest BCUT2D eigenvalue weighted by atomic mass is 31.2. The standard InChI is InChI=1S/C43H70N5O6P.CHN/c1-5-6-7-8-9-10-11-12-13-14-15-16-17-18-19-20-21-22-40(51-31-36-23-24-37(30-44)42(29-36)54-35(2)3)33-53-55(49)52-32-39(50-4)27-25-38-26-28-41-43(45)46-34-47-48(38)41;1-2/h23-24,26,28-29,34-35,39-40,49H,5-22,25,27,31-33H2,1-4H3,(H2,45,46,47);1H. The lowest BCUT2D eigenvalue weighted by molar-refractivity contribution is -0.00535. The predicted octanol–water partition coefficient (Wildman–Crippen LogP) is 10.9. The number of hydrogen-bond acceptors (Lipinski definition) is 11. The van der Waals surface area contributed by atoms with Crippen LogP contribution in [0.15, 0.2) is 36.7 Å². The van der Waals surface area contributed by atoms with Crippen molar-refractivity contribution in [3.05, 3.63) is 53.5 Å². The van der Waals surface area contributed by atoms with Crippen molar-refractivity contribution in [1.29, 1.82) is 10.5 Å². The molecule has 0 amide bonds. The molecule has 3 aromatic rings. The fraction of sp³-hybridized carbons (Fsp3) is 0.682. The first-order chi connectivity index (χ1) is 27.8. The van der Waals surface area contributed by atoms with Crippen LogP contribution in [0.25, 0.3) is 5.52 Å². The number of aromatic nitrogens is 3. The number of unbranched alkanes of at least 4 members (excludes halogenated alkanes) is 16. The molecule has 0 aliphatic carbocycles. The van der Waals surface area contributed by atoms with Crippen molar-refractivity contribution in [2.24, 2.45) is 0 Å². The molecular weight excluding hydrogens is 739 g/mol. The first-order valence-corrected chi connectivity index (χ1v) is 22.4. The molecule has 2 aromatic heterocycles. The number of nitriles is 2. The smallest absolute Gasteiger partial charge is 0.330 e. The van der Waals surface area contributed by atoms with Crippen molar-refractivity contribution in [3.63, 3.8) is 0 Å². The first kappa shape index (κ1) is 49.8. The summed E-state index contributed by atoms with van der Waals surface area (Å²) in [7, 11) is -0.492. The van der Waals surface area contributed by atoms with Crippen molar-refractivity contribution in [2.45, 2.75) is 174 Å². The molecule has 57 heavy (non-hydrogen) atoms. The first-order valence-electron chi connectivity index (χ1n) is 21.3. The molecule has 3 rings (SSSR count). The van der Waals surface area contributed by atoms with Gasteiger partial charge < -0.3 is 33.9 Å². The largest absolute Gasteiger partial charge is 0.490 e. The number of nitrogens with two attached hydrogens (primary N) is 1. The molecule has 2 heterocycles. The van der Waals surface area contributed by atoms with Crippen LogP contribution in [0.1, 0.15) is 160 Å². The summed E-state index contributed by atoms with van der Waals surface area (Å²) in [5.74, 6) is 0.993. The number of nitrogens with zero attached hydrogens (tertiary/aromatic N) is 5. The minimum atomic E-state index is -2.12. The summed E-state index contributed by atoms with van der Waals surface area (Å²) in [5, 5.41) is 20.3. The summed E-state index contributed by atoms with van der Waals surface area (Å²) in [5.41, 5.74) is 9.14. The highest BCUT2D eigenvalue weighted by Gasteiger charge is 2.19. The van der Waals surface area contributed by atoms with Crippen LogP contribution >= 0.6 is 8.60 Å². The number of anilines is 1. The molecule has 3 unspecified atom stereocenters. The van der Waals surface area contributed by atoms with Gasteiger partial charge in [-0.2, -0.15) is 10.4 Å². The number of ether oxygens (including phenoxy) is 3. The van der Waals surface area contributed by atoms with Crippen LogP contribution in [-0.2, 0) is 31.5 Å². The molecule has 13 heteroatoms. The second-order valence-corrected chi connectivity index (χ2v) is 16.0. The lowest BCUT2D eigenvalue weighted by Gasteiger charge is -2.21. The van der Waals surface area contributed by atoms with E-state index in [1.807, 2.05) is 38.1 Å². The second-order valence-electron chi connectivity index (χ2n) is 15.0. The van der Waals surface area contributed by atoms with Crippen molar-refractivity contribution in [1.82, 2.24) is 14.6 Å². The van der Waals surface area contributed by atoms with Gasteiger partial charge in [0.25, 0.3) is 0 Å². The number of aryl methyl sites for hydroxylation is 1. The number of benzene rings is 1. The van der Waals surface area contributed by atoms with E-state index in [2.05, 4.69) is 29.6 Å². The average molecular weight is 811 g/mol. The Hall–Kier alpha value is -3.35.